The molecule has 2 aromatic carbocycles. The first kappa shape index (κ1) is 19.7. The molecule has 0 saturated heterocycles. The van der Waals surface area contributed by atoms with Crippen LogP contribution in [-0.4, -0.2) is 33.2 Å². The molecular formula is C18H21FN2O4S. The average Bonchev–Trinajstić information content (AvgIpc) is 2.54. The number of anilines is 2. The maximum atomic E-state index is 13.1. The molecule has 2 rings (SSSR count). The van der Waals surface area contributed by atoms with E-state index in [-0.39, 0.29) is 11.8 Å². The van der Waals surface area contributed by atoms with Crippen LogP contribution in [0.1, 0.15) is 13.8 Å². The van der Waals surface area contributed by atoms with Crippen molar-refractivity contribution in [1.29, 1.82) is 0 Å². The van der Waals surface area contributed by atoms with Crippen LogP contribution in [0.3, 0.4) is 0 Å². The molecule has 1 N–H and O–H groups in total. The quantitative estimate of drug-likeness (QED) is 0.801. The highest BCUT2D eigenvalue weighted by Crippen LogP contribution is 2.19. The van der Waals surface area contributed by atoms with Gasteiger partial charge in [-0.2, -0.15) is 0 Å². The molecule has 1 amide bonds. The number of sulfonamides is 1. The fraction of sp³-hybridized carbons (Fsp3) is 0.278. The van der Waals surface area contributed by atoms with Crippen molar-refractivity contribution in [2.45, 2.75) is 20.0 Å². The molecule has 6 nitrogen and oxygen atoms in total. The number of rotatable bonds is 7. The van der Waals surface area contributed by atoms with Crippen LogP contribution in [0.15, 0.2) is 48.5 Å². The summed E-state index contributed by atoms with van der Waals surface area (Å²) >= 11 is 0. The fourth-order valence-corrected chi connectivity index (χ4v) is 3.08. The Morgan fingerprint density at radius 2 is 1.69 bits per heavy atom. The lowest BCUT2D eigenvalue weighted by Crippen LogP contribution is -2.37. The minimum Gasteiger partial charge on any atom is -0.491 e. The summed E-state index contributed by atoms with van der Waals surface area (Å²) in [6.45, 7) is 3.39. The number of benzene rings is 2. The van der Waals surface area contributed by atoms with Crippen LogP contribution in [0.5, 0.6) is 5.75 Å². The van der Waals surface area contributed by atoms with Crippen LogP contribution < -0.4 is 14.4 Å². The highest BCUT2D eigenvalue weighted by molar-refractivity contribution is 7.92. The molecule has 0 aliphatic carbocycles. The first-order chi connectivity index (χ1) is 12.1. The summed E-state index contributed by atoms with van der Waals surface area (Å²) in [7, 11) is -3.71. The number of nitrogens with one attached hydrogen (secondary N) is 1. The van der Waals surface area contributed by atoms with Gasteiger partial charge in [0.1, 0.15) is 18.1 Å². The molecule has 0 aromatic heterocycles. The third-order valence-electron chi connectivity index (χ3n) is 3.31. The monoisotopic (exact) mass is 380 g/mol. The normalized spacial score (nSPS) is 11.3. The first-order valence-electron chi connectivity index (χ1n) is 7.95. The molecule has 0 unspecified atom stereocenters. The zero-order valence-electron chi connectivity index (χ0n) is 14.8. The molecule has 0 heterocycles. The number of hydrogen-bond donors (Lipinski definition) is 1. The van der Waals surface area contributed by atoms with Gasteiger partial charge in [-0.1, -0.05) is 0 Å². The van der Waals surface area contributed by atoms with Gasteiger partial charge in [-0.3, -0.25) is 9.10 Å². The van der Waals surface area contributed by atoms with Gasteiger partial charge in [0, 0.05) is 5.69 Å². The van der Waals surface area contributed by atoms with Crippen LogP contribution in [0.25, 0.3) is 0 Å². The van der Waals surface area contributed by atoms with E-state index < -0.39 is 28.3 Å². The lowest BCUT2D eigenvalue weighted by Gasteiger charge is -2.22. The Balaban J connectivity index is 2.09. The van der Waals surface area contributed by atoms with E-state index in [4.69, 9.17) is 4.74 Å². The Morgan fingerprint density at radius 3 is 2.19 bits per heavy atom. The summed E-state index contributed by atoms with van der Waals surface area (Å²) in [6, 6.07) is 11.6. The van der Waals surface area contributed by atoms with Crippen molar-refractivity contribution in [2.75, 3.05) is 22.4 Å². The van der Waals surface area contributed by atoms with Gasteiger partial charge < -0.3 is 10.1 Å². The zero-order chi connectivity index (χ0) is 19.3. The van der Waals surface area contributed by atoms with Crippen molar-refractivity contribution in [1.82, 2.24) is 0 Å². The second kappa shape index (κ2) is 8.18. The summed E-state index contributed by atoms with van der Waals surface area (Å²) in [4.78, 5) is 12.2. The number of carbonyl (C=O) groups excluding carboxylic acids is 1. The molecule has 0 fully saturated rings. The highest BCUT2D eigenvalue weighted by atomic mass is 32.2. The SMILES string of the molecule is CC(C)Oc1ccc(NC(=O)CN(c2ccc(F)cc2)S(C)(=O)=O)cc1. The number of amides is 1. The van der Waals surface area contributed by atoms with Crippen molar-refractivity contribution in [3.63, 3.8) is 0 Å². The molecule has 8 heteroatoms. The molecule has 140 valence electrons. The number of ether oxygens (including phenoxy) is 1. The van der Waals surface area contributed by atoms with E-state index in [2.05, 4.69) is 5.32 Å². The predicted molar refractivity (Wildman–Crippen MR) is 99.4 cm³/mol. The van der Waals surface area contributed by atoms with Crippen molar-refractivity contribution >= 4 is 27.3 Å². The largest absolute Gasteiger partial charge is 0.491 e. The maximum absolute atomic E-state index is 13.1. The zero-order valence-corrected chi connectivity index (χ0v) is 15.6. The van der Waals surface area contributed by atoms with Crippen LogP contribution >= 0.6 is 0 Å². The molecule has 0 bridgehead atoms. The van der Waals surface area contributed by atoms with Crippen molar-refractivity contribution in [3.05, 3.63) is 54.3 Å². The molecule has 0 aliphatic heterocycles. The van der Waals surface area contributed by atoms with Crippen molar-refractivity contribution < 1.29 is 22.3 Å². The summed E-state index contributed by atoms with van der Waals surface area (Å²) in [6.07, 6.45) is 1.02. The van der Waals surface area contributed by atoms with Crippen LogP contribution in [0, 0.1) is 5.82 Å². The van der Waals surface area contributed by atoms with Crippen LogP contribution in [0.4, 0.5) is 15.8 Å². The standard InChI is InChI=1S/C18H21FN2O4S/c1-13(2)25-17-10-6-15(7-11-17)20-18(22)12-21(26(3,23)24)16-8-4-14(19)5-9-16/h4-11,13H,12H2,1-3H3,(H,20,22). The molecule has 0 aliphatic rings. The maximum Gasteiger partial charge on any atom is 0.245 e. The van der Waals surface area contributed by atoms with Gasteiger partial charge in [-0.05, 0) is 62.4 Å². The molecule has 0 radical (unpaired) electrons. The van der Waals surface area contributed by atoms with E-state index in [1.54, 1.807) is 24.3 Å². The molecule has 0 spiro atoms. The lowest BCUT2D eigenvalue weighted by molar-refractivity contribution is -0.114. The van der Waals surface area contributed by atoms with E-state index in [1.807, 2.05) is 13.8 Å². The van der Waals surface area contributed by atoms with E-state index in [0.29, 0.717) is 11.4 Å². The number of nitrogens with zero attached hydrogens (tertiary/aromatic N) is 1. The second-order valence-electron chi connectivity index (χ2n) is 5.99. The van der Waals surface area contributed by atoms with Gasteiger partial charge in [-0.25, -0.2) is 12.8 Å². The average molecular weight is 380 g/mol. The summed E-state index contributed by atoms with van der Waals surface area (Å²) in [5.74, 6) is -0.338. The lowest BCUT2D eigenvalue weighted by atomic mass is 10.3. The van der Waals surface area contributed by atoms with Gasteiger partial charge >= 0.3 is 0 Å². The van der Waals surface area contributed by atoms with E-state index in [1.165, 1.54) is 12.1 Å². The Bertz CT molecular complexity index is 850. The topological polar surface area (TPSA) is 75.7 Å². The third-order valence-corrected chi connectivity index (χ3v) is 4.45. The van der Waals surface area contributed by atoms with Gasteiger partial charge in [0.2, 0.25) is 15.9 Å². The second-order valence-corrected chi connectivity index (χ2v) is 7.89. The van der Waals surface area contributed by atoms with Crippen molar-refractivity contribution in [3.8, 4) is 5.75 Å². The van der Waals surface area contributed by atoms with E-state index >= 15 is 0 Å². The molecule has 26 heavy (non-hydrogen) atoms. The number of hydrogen-bond acceptors (Lipinski definition) is 4. The Morgan fingerprint density at radius 1 is 1.12 bits per heavy atom. The van der Waals surface area contributed by atoms with Crippen molar-refractivity contribution in [2.24, 2.45) is 0 Å². The Labute approximate surface area is 152 Å². The van der Waals surface area contributed by atoms with E-state index in [0.717, 1.165) is 22.7 Å². The highest BCUT2D eigenvalue weighted by Gasteiger charge is 2.21. The summed E-state index contributed by atoms with van der Waals surface area (Å²) < 4.78 is 43.5. The van der Waals surface area contributed by atoms with Crippen LogP contribution in [-0.2, 0) is 14.8 Å². The molecule has 0 saturated carbocycles. The minimum atomic E-state index is -3.71. The molecule has 0 atom stereocenters. The minimum absolute atomic E-state index is 0.0365. The molecule has 2 aromatic rings. The number of carbonyl (C=O) groups is 1. The Kier molecular flexibility index (Phi) is 6.20. The predicted octanol–water partition coefficient (Wildman–Crippen LogP) is 3.02. The molecular weight excluding hydrogens is 359 g/mol. The van der Waals surface area contributed by atoms with Gasteiger partial charge in [0.25, 0.3) is 0 Å². The fourth-order valence-electron chi connectivity index (χ4n) is 2.23. The third kappa shape index (κ3) is 5.73. The summed E-state index contributed by atoms with van der Waals surface area (Å²) in [5.41, 5.74) is 0.725. The first-order valence-corrected chi connectivity index (χ1v) is 9.80. The van der Waals surface area contributed by atoms with Gasteiger partial charge in [-0.15, -0.1) is 0 Å². The van der Waals surface area contributed by atoms with Gasteiger partial charge in [0.15, 0.2) is 0 Å². The summed E-state index contributed by atoms with van der Waals surface area (Å²) in [5, 5.41) is 2.63. The van der Waals surface area contributed by atoms with Crippen LogP contribution in [0.2, 0.25) is 0 Å². The smallest absolute Gasteiger partial charge is 0.245 e. The van der Waals surface area contributed by atoms with E-state index in [9.17, 15) is 17.6 Å². The number of halogens is 1. The Hall–Kier alpha value is -2.61. The van der Waals surface area contributed by atoms with Gasteiger partial charge in [0.05, 0.1) is 18.0 Å².